The Bertz CT molecular complexity index is 1060. The van der Waals surface area contributed by atoms with Crippen LogP contribution in [0.3, 0.4) is 0 Å². The first-order chi connectivity index (χ1) is 17.5. The molecule has 194 valence electrons. The van der Waals surface area contributed by atoms with Gasteiger partial charge < -0.3 is 24.3 Å². The van der Waals surface area contributed by atoms with Gasteiger partial charge >= 0.3 is 0 Å². The van der Waals surface area contributed by atoms with Gasteiger partial charge in [-0.25, -0.2) is 0 Å². The SMILES string of the molecule is COCC(=O)N1CCCN(C)CCN(C(=O)c2cc(N3CCCCC3)ccc2Cl)Cc2ccccc21. The highest BCUT2D eigenvalue weighted by molar-refractivity contribution is 6.34. The number of carbonyl (C=O) groups is 2. The van der Waals surface area contributed by atoms with E-state index in [1.165, 1.54) is 26.4 Å². The van der Waals surface area contributed by atoms with E-state index in [-0.39, 0.29) is 18.4 Å². The minimum atomic E-state index is -0.0870. The monoisotopic (exact) mass is 512 g/mol. The Balaban J connectivity index is 1.66. The summed E-state index contributed by atoms with van der Waals surface area (Å²) in [7, 11) is 3.59. The number of likely N-dealkylation sites (N-methyl/N-ethyl adjacent to an activating group) is 1. The molecule has 0 saturated carbocycles. The number of rotatable bonds is 4. The summed E-state index contributed by atoms with van der Waals surface area (Å²) in [6.45, 7) is 5.15. The molecule has 0 bridgehead atoms. The van der Waals surface area contributed by atoms with Crippen molar-refractivity contribution in [2.45, 2.75) is 32.2 Å². The van der Waals surface area contributed by atoms with Crippen LogP contribution < -0.4 is 9.80 Å². The number of hydrogen-bond acceptors (Lipinski definition) is 5. The molecule has 36 heavy (non-hydrogen) atoms. The third-order valence-corrected chi connectivity index (χ3v) is 7.40. The zero-order chi connectivity index (χ0) is 25.5. The molecule has 2 aromatic rings. The van der Waals surface area contributed by atoms with Crippen LogP contribution in [0.15, 0.2) is 42.5 Å². The highest BCUT2D eigenvalue weighted by Gasteiger charge is 2.25. The molecule has 0 aromatic heterocycles. The van der Waals surface area contributed by atoms with Crippen LogP contribution in [0.5, 0.6) is 0 Å². The van der Waals surface area contributed by atoms with E-state index < -0.39 is 0 Å². The molecule has 0 N–H and O–H groups in total. The van der Waals surface area contributed by atoms with Crippen molar-refractivity contribution >= 4 is 34.8 Å². The van der Waals surface area contributed by atoms with Crippen molar-refractivity contribution in [3.05, 3.63) is 58.6 Å². The number of anilines is 2. The molecule has 7 nitrogen and oxygen atoms in total. The third-order valence-electron chi connectivity index (χ3n) is 7.07. The quantitative estimate of drug-likeness (QED) is 0.611. The summed E-state index contributed by atoms with van der Waals surface area (Å²) < 4.78 is 5.15. The smallest absolute Gasteiger partial charge is 0.255 e. The van der Waals surface area contributed by atoms with Crippen LogP contribution in [0.2, 0.25) is 5.02 Å². The second-order valence-corrected chi connectivity index (χ2v) is 10.1. The molecule has 0 unspecified atom stereocenters. The summed E-state index contributed by atoms with van der Waals surface area (Å²) in [5, 5.41) is 0.466. The predicted octanol–water partition coefficient (Wildman–Crippen LogP) is 4.29. The van der Waals surface area contributed by atoms with Gasteiger partial charge in [0.2, 0.25) is 0 Å². The number of ether oxygens (including phenoxy) is 1. The fourth-order valence-corrected chi connectivity index (χ4v) is 5.24. The lowest BCUT2D eigenvalue weighted by Gasteiger charge is -2.30. The lowest BCUT2D eigenvalue weighted by atomic mass is 10.1. The minimum Gasteiger partial charge on any atom is -0.375 e. The second kappa shape index (κ2) is 12.6. The van der Waals surface area contributed by atoms with Gasteiger partial charge in [-0.3, -0.25) is 9.59 Å². The standard InChI is InChI=1S/C28H37ClN4O3/c1-30-13-8-16-33(27(34)21-36-2)26-10-5-4-9-22(26)20-32(18-17-30)28(35)24-19-23(11-12-25(24)29)31-14-6-3-7-15-31/h4-5,9-12,19H,3,6-8,13-18,20-21H2,1-2H3. The van der Waals surface area contributed by atoms with E-state index in [0.29, 0.717) is 30.2 Å². The van der Waals surface area contributed by atoms with E-state index in [2.05, 4.69) is 16.8 Å². The molecule has 4 rings (SSSR count). The van der Waals surface area contributed by atoms with Crippen LogP contribution in [0.1, 0.15) is 41.6 Å². The van der Waals surface area contributed by atoms with Crippen molar-refractivity contribution < 1.29 is 14.3 Å². The first-order valence-electron chi connectivity index (χ1n) is 12.9. The van der Waals surface area contributed by atoms with E-state index in [1.54, 1.807) is 4.90 Å². The van der Waals surface area contributed by atoms with Crippen molar-refractivity contribution in [3.8, 4) is 0 Å². The van der Waals surface area contributed by atoms with Gasteiger partial charge in [0.05, 0.1) is 10.6 Å². The molecular weight excluding hydrogens is 476 g/mol. The van der Waals surface area contributed by atoms with Crippen molar-refractivity contribution in [2.75, 3.05) is 69.8 Å². The van der Waals surface area contributed by atoms with Gasteiger partial charge in [-0.1, -0.05) is 29.8 Å². The van der Waals surface area contributed by atoms with Crippen LogP contribution >= 0.6 is 11.6 Å². The molecule has 0 atom stereocenters. The Morgan fingerprint density at radius 1 is 0.917 bits per heavy atom. The van der Waals surface area contributed by atoms with Gasteiger partial charge in [-0.05, 0) is 69.1 Å². The molecule has 2 amide bonds. The number of methoxy groups -OCH3 is 1. The fraction of sp³-hybridized carbons (Fsp3) is 0.500. The Hall–Kier alpha value is -2.61. The molecule has 2 aliphatic heterocycles. The summed E-state index contributed by atoms with van der Waals surface area (Å²) in [5.41, 5.74) is 3.34. The maximum atomic E-state index is 13.9. The number of carbonyl (C=O) groups excluding carboxylic acids is 2. The third kappa shape index (κ3) is 6.38. The molecule has 1 fully saturated rings. The van der Waals surface area contributed by atoms with E-state index in [9.17, 15) is 9.59 Å². The molecule has 2 aliphatic rings. The van der Waals surface area contributed by atoms with Gasteiger partial charge in [0.25, 0.3) is 11.8 Å². The molecule has 1 saturated heterocycles. The van der Waals surface area contributed by atoms with Crippen molar-refractivity contribution in [1.29, 1.82) is 0 Å². The molecule has 2 aromatic carbocycles. The van der Waals surface area contributed by atoms with Gasteiger partial charge in [-0.2, -0.15) is 0 Å². The predicted molar refractivity (Wildman–Crippen MR) is 145 cm³/mol. The number of para-hydroxylation sites is 1. The highest BCUT2D eigenvalue weighted by Crippen LogP contribution is 2.29. The molecule has 0 radical (unpaired) electrons. The van der Waals surface area contributed by atoms with Crippen LogP contribution in [-0.2, 0) is 16.1 Å². The van der Waals surface area contributed by atoms with E-state index in [1.807, 2.05) is 47.4 Å². The maximum Gasteiger partial charge on any atom is 0.255 e. The van der Waals surface area contributed by atoms with E-state index in [0.717, 1.165) is 49.5 Å². The lowest BCUT2D eigenvalue weighted by molar-refractivity contribution is -0.122. The second-order valence-electron chi connectivity index (χ2n) is 9.70. The normalized spacial score (nSPS) is 17.9. The molecule has 2 heterocycles. The van der Waals surface area contributed by atoms with Crippen LogP contribution in [-0.4, -0.2) is 81.6 Å². The molecular formula is C28H37ClN4O3. The first-order valence-corrected chi connectivity index (χ1v) is 13.2. The Kier molecular flexibility index (Phi) is 9.24. The fourth-order valence-electron chi connectivity index (χ4n) is 5.05. The number of benzene rings is 2. The zero-order valence-electron chi connectivity index (χ0n) is 21.4. The summed E-state index contributed by atoms with van der Waals surface area (Å²) in [6, 6.07) is 13.6. The Morgan fingerprint density at radius 3 is 2.47 bits per heavy atom. The number of hydrogen-bond donors (Lipinski definition) is 0. The first kappa shape index (κ1) is 26.5. The van der Waals surface area contributed by atoms with Gasteiger partial charge in [0.15, 0.2) is 0 Å². The summed E-state index contributed by atoms with van der Waals surface area (Å²) >= 11 is 6.59. The maximum absolute atomic E-state index is 13.9. The molecule has 0 spiro atoms. The topological polar surface area (TPSA) is 56.3 Å². The summed E-state index contributed by atoms with van der Waals surface area (Å²) in [4.78, 5) is 35.1. The van der Waals surface area contributed by atoms with Crippen LogP contribution in [0.25, 0.3) is 0 Å². The van der Waals surface area contributed by atoms with Crippen molar-refractivity contribution in [2.24, 2.45) is 0 Å². The number of amides is 2. The zero-order valence-corrected chi connectivity index (χ0v) is 22.2. The van der Waals surface area contributed by atoms with E-state index >= 15 is 0 Å². The number of nitrogens with zero attached hydrogens (tertiary/aromatic N) is 4. The largest absolute Gasteiger partial charge is 0.375 e. The van der Waals surface area contributed by atoms with Gasteiger partial charge in [0.1, 0.15) is 6.61 Å². The van der Waals surface area contributed by atoms with Gasteiger partial charge in [-0.15, -0.1) is 0 Å². The minimum absolute atomic E-state index is 0.0196. The number of piperidine rings is 1. The Morgan fingerprint density at radius 2 is 1.69 bits per heavy atom. The average Bonchev–Trinajstić information content (AvgIpc) is 2.92. The van der Waals surface area contributed by atoms with Crippen molar-refractivity contribution in [1.82, 2.24) is 9.80 Å². The molecule has 8 heteroatoms. The highest BCUT2D eigenvalue weighted by atomic mass is 35.5. The lowest BCUT2D eigenvalue weighted by Crippen LogP contribution is -2.37. The number of fused-ring (bicyclic) bond motifs is 1. The number of halogens is 1. The van der Waals surface area contributed by atoms with Crippen LogP contribution in [0.4, 0.5) is 11.4 Å². The Labute approximate surface area is 219 Å². The van der Waals surface area contributed by atoms with Crippen LogP contribution in [0, 0.1) is 0 Å². The van der Waals surface area contributed by atoms with Gasteiger partial charge in [0, 0.05) is 57.8 Å². The molecule has 0 aliphatic carbocycles. The van der Waals surface area contributed by atoms with Crippen molar-refractivity contribution in [3.63, 3.8) is 0 Å². The summed E-state index contributed by atoms with van der Waals surface area (Å²) in [5.74, 6) is -0.168. The van der Waals surface area contributed by atoms with E-state index in [4.69, 9.17) is 16.3 Å². The summed E-state index contributed by atoms with van der Waals surface area (Å²) in [6.07, 6.45) is 4.41. The average molecular weight is 513 g/mol.